The zero-order chi connectivity index (χ0) is 24.8. The van der Waals surface area contributed by atoms with Gasteiger partial charge in [-0.2, -0.15) is 0 Å². The standard InChI is InChI=1S/2C12H12INO3/c1-14-3-2-8-5-11(17-7-13)9(6-15)4-10(8)12(14)16;1-14-3-2-8-4-9(6-15)11(17-7-13)5-10(8)12(14)16/h2*2-5,15H,6-7H2,1H3. The highest BCUT2D eigenvalue weighted by Crippen LogP contribution is 2.26. The van der Waals surface area contributed by atoms with Crippen molar-refractivity contribution in [2.75, 3.05) is 9.23 Å². The minimum atomic E-state index is -0.139. The van der Waals surface area contributed by atoms with Gasteiger partial charge >= 0.3 is 0 Å². The molecule has 2 N–H and O–H groups in total. The van der Waals surface area contributed by atoms with Crippen LogP contribution < -0.4 is 20.6 Å². The van der Waals surface area contributed by atoms with Gasteiger partial charge in [-0.15, -0.1) is 0 Å². The zero-order valence-corrected chi connectivity index (χ0v) is 22.9. The molecule has 2 aromatic heterocycles. The van der Waals surface area contributed by atoms with Crippen LogP contribution in [0.3, 0.4) is 0 Å². The Morgan fingerprint density at radius 3 is 1.68 bits per heavy atom. The van der Waals surface area contributed by atoms with E-state index < -0.39 is 0 Å². The summed E-state index contributed by atoms with van der Waals surface area (Å²) in [4.78, 5) is 23.8. The molecule has 10 heteroatoms. The number of aromatic nitrogens is 2. The van der Waals surface area contributed by atoms with Crippen LogP contribution in [0.2, 0.25) is 0 Å². The van der Waals surface area contributed by atoms with Crippen molar-refractivity contribution in [3.63, 3.8) is 0 Å². The second-order valence-electron chi connectivity index (χ2n) is 7.38. The number of ether oxygens (including phenoxy) is 2. The van der Waals surface area contributed by atoms with Gasteiger partial charge in [-0.05, 0) is 92.4 Å². The summed E-state index contributed by atoms with van der Waals surface area (Å²) in [7, 11) is 3.41. The third-order valence-corrected chi connectivity index (χ3v) is 5.91. The van der Waals surface area contributed by atoms with Gasteiger partial charge in [0.05, 0.1) is 18.6 Å². The third-order valence-electron chi connectivity index (χ3n) is 5.28. The highest BCUT2D eigenvalue weighted by atomic mass is 127. The van der Waals surface area contributed by atoms with Gasteiger partial charge < -0.3 is 28.8 Å². The minimum absolute atomic E-state index is 0.0645. The van der Waals surface area contributed by atoms with Crippen LogP contribution in [0.4, 0.5) is 0 Å². The fraction of sp³-hybridized carbons (Fsp3) is 0.250. The van der Waals surface area contributed by atoms with Gasteiger partial charge in [0.1, 0.15) is 20.7 Å². The molecule has 0 amide bonds. The smallest absolute Gasteiger partial charge is 0.258 e. The van der Waals surface area contributed by atoms with E-state index in [1.807, 2.05) is 12.1 Å². The van der Waals surface area contributed by atoms with Gasteiger partial charge in [0.25, 0.3) is 11.1 Å². The summed E-state index contributed by atoms with van der Waals surface area (Å²) in [5, 5.41) is 21.4. The number of rotatable bonds is 6. The molecule has 0 unspecified atom stereocenters. The van der Waals surface area contributed by atoms with Crippen molar-refractivity contribution in [2.45, 2.75) is 13.2 Å². The quantitative estimate of drug-likeness (QED) is 0.237. The van der Waals surface area contributed by atoms with E-state index in [4.69, 9.17) is 9.47 Å². The maximum Gasteiger partial charge on any atom is 0.258 e. The van der Waals surface area contributed by atoms with E-state index in [9.17, 15) is 19.8 Å². The molecule has 2 aromatic carbocycles. The number of benzene rings is 2. The Bertz CT molecular complexity index is 1430. The van der Waals surface area contributed by atoms with Gasteiger partial charge in [-0.25, -0.2) is 0 Å². The van der Waals surface area contributed by atoms with Crippen LogP contribution in [0.15, 0.2) is 58.4 Å². The summed E-state index contributed by atoms with van der Waals surface area (Å²) in [5.74, 6) is 1.19. The molecule has 0 spiro atoms. The molecule has 0 aliphatic heterocycles. The number of fused-ring (bicyclic) bond motifs is 2. The summed E-state index contributed by atoms with van der Waals surface area (Å²) in [6, 6.07) is 10.7. The molecule has 0 aliphatic rings. The Morgan fingerprint density at radius 1 is 0.735 bits per heavy atom. The second kappa shape index (κ2) is 12.0. The molecule has 4 aromatic rings. The van der Waals surface area contributed by atoms with E-state index in [2.05, 4.69) is 45.2 Å². The summed E-state index contributed by atoms with van der Waals surface area (Å²) in [6.07, 6.45) is 3.43. The molecule has 0 aliphatic carbocycles. The normalized spacial score (nSPS) is 10.8. The Kier molecular flexibility index (Phi) is 9.33. The van der Waals surface area contributed by atoms with E-state index in [1.165, 1.54) is 9.13 Å². The van der Waals surface area contributed by atoms with Crippen molar-refractivity contribution >= 4 is 66.7 Å². The Morgan fingerprint density at radius 2 is 1.18 bits per heavy atom. The summed E-state index contributed by atoms with van der Waals surface area (Å²) in [5.41, 5.74) is 1.20. The van der Waals surface area contributed by atoms with Crippen molar-refractivity contribution in [1.82, 2.24) is 9.13 Å². The van der Waals surface area contributed by atoms with Crippen molar-refractivity contribution in [3.05, 3.63) is 80.6 Å². The molecular weight excluding hydrogens is 666 g/mol. The molecule has 0 fully saturated rings. The van der Waals surface area contributed by atoms with E-state index in [0.717, 1.165) is 10.8 Å². The van der Waals surface area contributed by atoms with E-state index in [-0.39, 0.29) is 24.3 Å². The lowest BCUT2D eigenvalue weighted by Gasteiger charge is -2.10. The van der Waals surface area contributed by atoms with E-state index in [0.29, 0.717) is 42.6 Å². The van der Waals surface area contributed by atoms with Gasteiger partial charge in [0.2, 0.25) is 0 Å². The average molecular weight is 690 g/mol. The summed E-state index contributed by atoms with van der Waals surface area (Å²) in [6.45, 7) is -0.239. The van der Waals surface area contributed by atoms with Crippen LogP contribution in [-0.2, 0) is 27.3 Å². The number of aliphatic hydroxyl groups is 2. The molecule has 0 saturated heterocycles. The highest BCUT2D eigenvalue weighted by Gasteiger charge is 2.09. The molecular formula is C24H24I2N2O6. The first kappa shape index (κ1) is 26.4. The number of alkyl halides is 2. The molecule has 2 heterocycles. The largest absolute Gasteiger partial charge is 0.483 e. The molecule has 0 saturated carbocycles. The average Bonchev–Trinajstić information content (AvgIpc) is 2.84. The van der Waals surface area contributed by atoms with Crippen LogP contribution >= 0.6 is 45.2 Å². The van der Waals surface area contributed by atoms with E-state index in [1.54, 1.807) is 50.8 Å². The number of hydrogen-bond acceptors (Lipinski definition) is 6. The number of nitrogens with zero attached hydrogens (tertiary/aromatic N) is 2. The fourth-order valence-corrected chi connectivity index (χ4v) is 4.13. The topological polar surface area (TPSA) is 103 Å². The fourth-order valence-electron chi connectivity index (χ4n) is 3.46. The first-order valence-electron chi connectivity index (χ1n) is 10.2. The zero-order valence-electron chi connectivity index (χ0n) is 18.6. The predicted molar refractivity (Wildman–Crippen MR) is 149 cm³/mol. The van der Waals surface area contributed by atoms with Gasteiger partial charge in [-0.3, -0.25) is 9.59 Å². The van der Waals surface area contributed by atoms with Gasteiger partial charge in [0.15, 0.2) is 0 Å². The molecule has 4 rings (SSSR count). The molecule has 8 nitrogen and oxygen atoms in total. The first-order chi connectivity index (χ1) is 16.3. The lowest BCUT2D eigenvalue weighted by molar-refractivity contribution is 0.273. The van der Waals surface area contributed by atoms with Gasteiger partial charge in [0, 0.05) is 43.0 Å². The number of aliphatic hydroxyl groups excluding tert-OH is 2. The maximum atomic E-state index is 11.9. The highest BCUT2D eigenvalue weighted by molar-refractivity contribution is 14.1. The molecule has 0 radical (unpaired) electrons. The predicted octanol–water partition coefficient (Wildman–Crippen LogP) is 3.60. The SMILES string of the molecule is Cn1ccc2cc(CO)c(OCI)cc2c1=O.Cn1ccc2cc(OCI)c(CO)cc2c1=O. The van der Waals surface area contributed by atoms with Crippen molar-refractivity contribution in [1.29, 1.82) is 0 Å². The minimum Gasteiger partial charge on any atom is -0.483 e. The van der Waals surface area contributed by atoms with E-state index >= 15 is 0 Å². The molecule has 0 bridgehead atoms. The number of halogens is 2. The first-order valence-corrected chi connectivity index (χ1v) is 13.2. The van der Waals surface area contributed by atoms with Crippen LogP contribution in [0.1, 0.15) is 11.1 Å². The lowest BCUT2D eigenvalue weighted by atomic mass is 10.1. The van der Waals surface area contributed by atoms with Gasteiger partial charge in [-0.1, -0.05) is 0 Å². The lowest BCUT2D eigenvalue weighted by Crippen LogP contribution is -2.15. The Labute approximate surface area is 223 Å². The van der Waals surface area contributed by atoms with Crippen molar-refractivity contribution in [3.8, 4) is 11.5 Å². The number of aryl methyl sites for hydroxylation is 2. The maximum absolute atomic E-state index is 11.9. The molecule has 0 atom stereocenters. The Hall–Kier alpha value is -2.16. The van der Waals surface area contributed by atoms with Crippen LogP contribution in [-0.4, -0.2) is 28.6 Å². The second-order valence-corrected chi connectivity index (χ2v) is 8.63. The summed E-state index contributed by atoms with van der Waals surface area (Å²) < 4.78 is 14.8. The van der Waals surface area contributed by atoms with Crippen molar-refractivity contribution in [2.24, 2.45) is 14.1 Å². The third kappa shape index (κ3) is 5.73. The van der Waals surface area contributed by atoms with Crippen LogP contribution in [0.25, 0.3) is 21.5 Å². The monoisotopic (exact) mass is 690 g/mol. The van der Waals surface area contributed by atoms with Crippen LogP contribution in [0.5, 0.6) is 11.5 Å². The Balaban J connectivity index is 0.000000191. The summed E-state index contributed by atoms with van der Waals surface area (Å²) >= 11 is 4.17. The molecule has 34 heavy (non-hydrogen) atoms. The van der Waals surface area contributed by atoms with Crippen LogP contribution in [0, 0.1) is 0 Å². The molecule has 180 valence electrons. The number of hydrogen-bond donors (Lipinski definition) is 2. The van der Waals surface area contributed by atoms with Crippen molar-refractivity contribution < 1.29 is 19.7 Å². The number of pyridine rings is 2.